The predicted molar refractivity (Wildman–Crippen MR) is 57.6 cm³/mol. The molecule has 1 atom stereocenters. The molecule has 0 amide bonds. The van der Waals surface area contributed by atoms with Crippen molar-refractivity contribution < 1.29 is 9.15 Å². The minimum absolute atomic E-state index is 0.102. The molecule has 0 saturated heterocycles. The van der Waals surface area contributed by atoms with Gasteiger partial charge in [0, 0.05) is 5.56 Å². The largest absolute Gasteiger partial charge is 0.478 e. The highest BCUT2D eigenvalue weighted by atomic mass is 16.5. The molecule has 0 unspecified atom stereocenters. The van der Waals surface area contributed by atoms with E-state index in [2.05, 4.69) is 6.08 Å². The molecule has 0 saturated carbocycles. The average Bonchev–Trinajstić information content (AvgIpc) is 2.82. The van der Waals surface area contributed by atoms with Crippen LogP contribution in [0.5, 0.6) is 5.75 Å². The van der Waals surface area contributed by atoms with Crippen molar-refractivity contribution in [2.75, 3.05) is 0 Å². The number of hydrogen-bond acceptors (Lipinski definition) is 2. The van der Waals surface area contributed by atoms with E-state index >= 15 is 0 Å². The molecule has 0 N–H and O–H groups in total. The first-order chi connectivity index (χ1) is 7.43. The molecule has 0 radical (unpaired) electrons. The van der Waals surface area contributed by atoms with Crippen LogP contribution in [-0.2, 0) is 0 Å². The smallest absolute Gasteiger partial charge is 0.174 e. The second-order valence-corrected chi connectivity index (χ2v) is 3.45. The van der Waals surface area contributed by atoms with Gasteiger partial charge in [-0.3, -0.25) is 0 Å². The van der Waals surface area contributed by atoms with Crippen molar-refractivity contribution in [2.24, 2.45) is 0 Å². The van der Waals surface area contributed by atoms with Crippen LogP contribution in [0, 0.1) is 0 Å². The highest BCUT2D eigenvalue weighted by molar-refractivity contribution is 5.60. The number of hydrogen-bond donors (Lipinski definition) is 0. The molecule has 3 rings (SSSR count). The lowest BCUT2D eigenvalue weighted by Crippen LogP contribution is -2.07. The van der Waals surface area contributed by atoms with Gasteiger partial charge in [0.05, 0.1) is 6.26 Å². The number of benzene rings is 1. The Morgan fingerprint density at radius 1 is 1.00 bits per heavy atom. The van der Waals surface area contributed by atoms with Gasteiger partial charge in [-0.2, -0.15) is 0 Å². The molecule has 0 spiro atoms. The third kappa shape index (κ3) is 1.44. The maximum atomic E-state index is 5.80. The highest BCUT2D eigenvalue weighted by Crippen LogP contribution is 2.32. The topological polar surface area (TPSA) is 22.4 Å². The Morgan fingerprint density at radius 2 is 1.93 bits per heavy atom. The molecule has 2 heteroatoms. The fourth-order valence-electron chi connectivity index (χ4n) is 1.70. The Balaban J connectivity index is 1.96. The summed E-state index contributed by atoms with van der Waals surface area (Å²) in [6.45, 7) is 0. The minimum Gasteiger partial charge on any atom is -0.478 e. The molecular formula is C13H10O2. The number of rotatable bonds is 1. The van der Waals surface area contributed by atoms with Crippen LogP contribution < -0.4 is 4.74 Å². The van der Waals surface area contributed by atoms with Crippen molar-refractivity contribution in [1.29, 1.82) is 0 Å². The van der Waals surface area contributed by atoms with E-state index in [1.807, 2.05) is 42.5 Å². The van der Waals surface area contributed by atoms with Gasteiger partial charge in [0.15, 0.2) is 6.10 Å². The van der Waals surface area contributed by atoms with E-state index in [9.17, 15) is 0 Å². The summed E-state index contributed by atoms with van der Waals surface area (Å²) in [6, 6.07) is 11.8. The van der Waals surface area contributed by atoms with Crippen molar-refractivity contribution in [3.63, 3.8) is 0 Å². The van der Waals surface area contributed by atoms with Crippen LogP contribution in [0.4, 0.5) is 0 Å². The van der Waals surface area contributed by atoms with E-state index < -0.39 is 0 Å². The number of para-hydroxylation sites is 1. The van der Waals surface area contributed by atoms with Crippen molar-refractivity contribution in [3.8, 4) is 5.75 Å². The molecule has 1 aromatic carbocycles. The summed E-state index contributed by atoms with van der Waals surface area (Å²) in [5, 5.41) is 0. The molecule has 0 aliphatic carbocycles. The van der Waals surface area contributed by atoms with Gasteiger partial charge in [-0.05, 0) is 24.3 Å². The summed E-state index contributed by atoms with van der Waals surface area (Å²) < 4.78 is 11.1. The molecule has 1 aromatic heterocycles. The lowest BCUT2D eigenvalue weighted by atomic mass is 10.1. The van der Waals surface area contributed by atoms with Crippen molar-refractivity contribution >= 4 is 6.08 Å². The van der Waals surface area contributed by atoms with Crippen LogP contribution in [0.3, 0.4) is 0 Å². The first kappa shape index (κ1) is 8.36. The van der Waals surface area contributed by atoms with E-state index in [0.717, 1.165) is 17.1 Å². The van der Waals surface area contributed by atoms with E-state index in [-0.39, 0.29) is 6.10 Å². The minimum atomic E-state index is -0.102. The maximum absolute atomic E-state index is 5.80. The Morgan fingerprint density at radius 3 is 2.80 bits per heavy atom. The van der Waals surface area contributed by atoms with E-state index in [1.54, 1.807) is 6.26 Å². The quantitative estimate of drug-likeness (QED) is 0.700. The lowest BCUT2D eigenvalue weighted by molar-refractivity contribution is 0.219. The SMILES string of the molecule is C1=C[C@@H](c2ccco2)Oc2ccccc21. The Kier molecular flexibility index (Phi) is 1.85. The summed E-state index contributed by atoms with van der Waals surface area (Å²) in [7, 11) is 0. The molecule has 1 aliphatic heterocycles. The Bertz CT molecular complexity index is 483. The molecule has 15 heavy (non-hydrogen) atoms. The summed E-state index contributed by atoms with van der Waals surface area (Å²) in [4.78, 5) is 0. The second kappa shape index (κ2) is 3.31. The molecule has 2 nitrogen and oxygen atoms in total. The predicted octanol–water partition coefficient (Wildman–Crippen LogP) is 3.43. The van der Waals surface area contributed by atoms with Crippen LogP contribution >= 0.6 is 0 Å². The molecule has 2 heterocycles. The Labute approximate surface area is 87.8 Å². The monoisotopic (exact) mass is 198 g/mol. The molecule has 0 bridgehead atoms. The summed E-state index contributed by atoms with van der Waals surface area (Å²) in [5.41, 5.74) is 1.11. The average molecular weight is 198 g/mol. The van der Waals surface area contributed by atoms with Crippen LogP contribution in [-0.4, -0.2) is 0 Å². The molecule has 1 aliphatic rings. The van der Waals surface area contributed by atoms with Crippen LogP contribution in [0.25, 0.3) is 6.08 Å². The maximum Gasteiger partial charge on any atom is 0.174 e. The number of furan rings is 1. The normalized spacial score (nSPS) is 18.3. The van der Waals surface area contributed by atoms with Gasteiger partial charge < -0.3 is 9.15 Å². The standard InChI is InChI=1S/C13H10O2/c1-2-5-11-10(4-1)7-8-13(15-11)12-6-3-9-14-12/h1-9,13H/t13-/m0/s1. The third-order valence-electron chi connectivity index (χ3n) is 2.45. The zero-order valence-corrected chi connectivity index (χ0v) is 8.09. The van der Waals surface area contributed by atoms with Gasteiger partial charge in [0.25, 0.3) is 0 Å². The molecule has 0 fully saturated rings. The fraction of sp³-hybridized carbons (Fsp3) is 0.0769. The summed E-state index contributed by atoms with van der Waals surface area (Å²) in [5.74, 6) is 1.74. The molecular weight excluding hydrogens is 188 g/mol. The third-order valence-corrected chi connectivity index (χ3v) is 2.45. The van der Waals surface area contributed by atoms with E-state index in [1.165, 1.54) is 0 Å². The zero-order valence-electron chi connectivity index (χ0n) is 8.09. The zero-order chi connectivity index (χ0) is 10.1. The van der Waals surface area contributed by atoms with Crippen molar-refractivity contribution in [3.05, 3.63) is 60.1 Å². The van der Waals surface area contributed by atoms with E-state index in [4.69, 9.17) is 9.15 Å². The van der Waals surface area contributed by atoms with E-state index in [0.29, 0.717) is 0 Å². The Hall–Kier alpha value is -1.96. The van der Waals surface area contributed by atoms with Crippen LogP contribution in [0.2, 0.25) is 0 Å². The summed E-state index contributed by atoms with van der Waals surface area (Å²) >= 11 is 0. The van der Waals surface area contributed by atoms with Gasteiger partial charge in [0.1, 0.15) is 11.5 Å². The van der Waals surface area contributed by atoms with Crippen LogP contribution in [0.15, 0.2) is 53.2 Å². The number of fused-ring (bicyclic) bond motifs is 1. The van der Waals surface area contributed by atoms with Gasteiger partial charge in [-0.25, -0.2) is 0 Å². The molecule has 2 aromatic rings. The second-order valence-electron chi connectivity index (χ2n) is 3.45. The van der Waals surface area contributed by atoms with Gasteiger partial charge in [-0.1, -0.05) is 24.3 Å². The first-order valence-electron chi connectivity index (χ1n) is 4.91. The highest BCUT2D eigenvalue weighted by Gasteiger charge is 2.17. The molecule has 74 valence electrons. The van der Waals surface area contributed by atoms with Crippen LogP contribution in [0.1, 0.15) is 17.4 Å². The van der Waals surface area contributed by atoms with Gasteiger partial charge in [-0.15, -0.1) is 0 Å². The first-order valence-corrected chi connectivity index (χ1v) is 4.91. The van der Waals surface area contributed by atoms with Gasteiger partial charge >= 0.3 is 0 Å². The fourth-order valence-corrected chi connectivity index (χ4v) is 1.70. The van der Waals surface area contributed by atoms with Gasteiger partial charge in [0.2, 0.25) is 0 Å². The van der Waals surface area contributed by atoms with Crippen molar-refractivity contribution in [1.82, 2.24) is 0 Å². The number of ether oxygens (including phenoxy) is 1. The lowest BCUT2D eigenvalue weighted by Gasteiger charge is -2.19. The summed E-state index contributed by atoms with van der Waals surface area (Å²) in [6.07, 6.45) is 5.62. The van der Waals surface area contributed by atoms with Crippen molar-refractivity contribution in [2.45, 2.75) is 6.10 Å².